The molecule has 0 aromatic carbocycles. The van der Waals surface area contributed by atoms with Gasteiger partial charge in [0.25, 0.3) is 0 Å². The summed E-state index contributed by atoms with van der Waals surface area (Å²) in [6, 6.07) is 5.31. The van der Waals surface area contributed by atoms with Crippen LogP contribution in [0.5, 0.6) is 0 Å². The number of rotatable bonds is 5. The van der Waals surface area contributed by atoms with Crippen molar-refractivity contribution in [2.24, 2.45) is 0 Å². The van der Waals surface area contributed by atoms with Crippen molar-refractivity contribution < 1.29 is 14.3 Å². The molecular weight excluding hydrogens is 320 g/mol. The summed E-state index contributed by atoms with van der Waals surface area (Å²) in [6.07, 6.45) is 1.65. The number of aromatic nitrogens is 2. The number of hydrogen-bond acceptors (Lipinski definition) is 6. The van der Waals surface area contributed by atoms with Crippen LogP contribution < -0.4 is 0 Å². The molecule has 0 fully saturated rings. The lowest BCUT2D eigenvalue weighted by atomic mass is 10.3. The molecule has 0 atom stereocenters. The maximum absolute atomic E-state index is 12.1. The highest BCUT2D eigenvalue weighted by molar-refractivity contribution is 7.17. The monoisotopic (exact) mass is 332 g/mol. The normalized spacial score (nSPS) is 10.6. The van der Waals surface area contributed by atoms with Gasteiger partial charge in [0.15, 0.2) is 6.61 Å². The molecule has 0 amide bonds. The molecule has 22 heavy (non-hydrogen) atoms. The maximum Gasteiger partial charge on any atom is 0.350 e. The van der Waals surface area contributed by atoms with Gasteiger partial charge >= 0.3 is 5.97 Å². The van der Waals surface area contributed by atoms with E-state index in [1.807, 2.05) is 16.8 Å². The van der Waals surface area contributed by atoms with Crippen LogP contribution >= 0.6 is 22.7 Å². The van der Waals surface area contributed by atoms with Crippen LogP contribution in [0.15, 0.2) is 35.2 Å². The van der Waals surface area contributed by atoms with Gasteiger partial charge in [0.2, 0.25) is 5.78 Å². The van der Waals surface area contributed by atoms with Crippen LogP contribution in [0.4, 0.5) is 0 Å². The fourth-order valence-electron chi connectivity index (χ4n) is 1.87. The molecule has 5 nitrogen and oxygen atoms in total. The Balaban J connectivity index is 1.69. The Hall–Kier alpha value is -2.25. The zero-order valence-electron chi connectivity index (χ0n) is 11.7. The molecule has 0 saturated heterocycles. The first-order valence-electron chi connectivity index (χ1n) is 6.49. The highest BCUT2D eigenvalue weighted by Gasteiger charge is 2.19. The Morgan fingerprint density at radius 2 is 2.23 bits per heavy atom. The molecule has 3 aromatic heterocycles. The molecule has 0 radical (unpaired) electrons. The summed E-state index contributed by atoms with van der Waals surface area (Å²) in [5.41, 5.74) is 2.02. The Kier molecular flexibility index (Phi) is 4.17. The van der Waals surface area contributed by atoms with E-state index in [0.29, 0.717) is 16.3 Å². The number of nitrogens with one attached hydrogen (secondary N) is 1. The van der Waals surface area contributed by atoms with E-state index in [2.05, 4.69) is 9.97 Å². The summed E-state index contributed by atoms with van der Waals surface area (Å²) in [5, 5.41) is 4.71. The summed E-state index contributed by atoms with van der Waals surface area (Å²) in [5.74, 6) is -0.782. The lowest BCUT2D eigenvalue weighted by Crippen LogP contribution is -2.14. The molecule has 0 aliphatic heterocycles. The Labute approximate surface area is 134 Å². The fourth-order valence-corrected chi connectivity index (χ4v) is 3.55. The molecule has 112 valence electrons. The highest BCUT2D eigenvalue weighted by atomic mass is 32.1. The summed E-state index contributed by atoms with van der Waals surface area (Å²) in [4.78, 5) is 31.5. The summed E-state index contributed by atoms with van der Waals surface area (Å²) >= 11 is 2.85. The number of hydrogen-bond donors (Lipinski definition) is 1. The number of thiazole rings is 1. The predicted molar refractivity (Wildman–Crippen MR) is 85.6 cm³/mol. The Bertz CT molecular complexity index is 789. The van der Waals surface area contributed by atoms with Gasteiger partial charge < -0.3 is 9.72 Å². The van der Waals surface area contributed by atoms with Gasteiger partial charge in [0.05, 0.1) is 11.4 Å². The van der Waals surface area contributed by atoms with Gasteiger partial charge in [-0.05, 0) is 30.5 Å². The van der Waals surface area contributed by atoms with E-state index < -0.39 is 5.97 Å². The van der Waals surface area contributed by atoms with Crippen LogP contribution in [0, 0.1) is 6.92 Å². The number of ketones is 1. The highest BCUT2D eigenvalue weighted by Crippen LogP contribution is 2.29. The van der Waals surface area contributed by atoms with Gasteiger partial charge in [-0.15, -0.1) is 11.3 Å². The van der Waals surface area contributed by atoms with E-state index in [0.717, 1.165) is 10.6 Å². The van der Waals surface area contributed by atoms with Crippen LogP contribution in [0.1, 0.15) is 25.9 Å². The average Bonchev–Trinajstić information content (AvgIpc) is 3.23. The van der Waals surface area contributed by atoms with Crippen molar-refractivity contribution in [1.82, 2.24) is 9.97 Å². The quantitative estimate of drug-likeness (QED) is 0.573. The molecule has 3 heterocycles. The molecule has 1 N–H and O–H groups in total. The lowest BCUT2D eigenvalue weighted by Gasteiger charge is -2.01. The van der Waals surface area contributed by atoms with E-state index in [-0.39, 0.29) is 12.4 Å². The number of aromatic amines is 1. The SMILES string of the molecule is Cc1nc(-c2ccsc2)sc1C(=O)OCC(=O)c1ccc[nH]1. The van der Waals surface area contributed by atoms with Crippen molar-refractivity contribution in [3.05, 3.63) is 51.4 Å². The number of H-pyrrole nitrogens is 1. The van der Waals surface area contributed by atoms with Crippen LogP contribution in [-0.4, -0.2) is 28.3 Å². The fraction of sp³-hybridized carbons (Fsp3) is 0.133. The number of carbonyl (C=O) groups is 2. The van der Waals surface area contributed by atoms with Crippen molar-refractivity contribution >= 4 is 34.4 Å². The first kappa shape index (κ1) is 14.7. The second-order valence-electron chi connectivity index (χ2n) is 4.53. The number of aryl methyl sites for hydroxylation is 1. The first-order valence-corrected chi connectivity index (χ1v) is 8.25. The minimum absolute atomic E-state index is 0.265. The van der Waals surface area contributed by atoms with Crippen LogP contribution in [0.2, 0.25) is 0 Å². The summed E-state index contributed by atoms with van der Waals surface area (Å²) in [6.45, 7) is 1.47. The first-order chi connectivity index (χ1) is 10.6. The van der Waals surface area contributed by atoms with Crippen molar-refractivity contribution in [3.8, 4) is 10.6 Å². The molecule has 7 heteroatoms. The third-order valence-corrected chi connectivity index (χ3v) is 4.85. The van der Waals surface area contributed by atoms with Gasteiger partial charge in [-0.25, -0.2) is 9.78 Å². The Morgan fingerprint density at radius 3 is 2.91 bits per heavy atom. The molecule has 3 aromatic rings. The van der Waals surface area contributed by atoms with Crippen LogP contribution in [-0.2, 0) is 4.74 Å². The lowest BCUT2D eigenvalue weighted by molar-refractivity contribution is 0.0477. The second kappa shape index (κ2) is 6.25. The van der Waals surface area contributed by atoms with Crippen LogP contribution in [0.25, 0.3) is 10.6 Å². The van der Waals surface area contributed by atoms with E-state index in [1.165, 1.54) is 11.3 Å². The molecule has 3 rings (SSSR count). The third kappa shape index (κ3) is 3.00. The topological polar surface area (TPSA) is 72.0 Å². The van der Waals surface area contributed by atoms with Gasteiger partial charge in [-0.3, -0.25) is 4.79 Å². The number of ether oxygens (including phenoxy) is 1. The number of esters is 1. The van der Waals surface area contributed by atoms with Gasteiger partial charge in [0, 0.05) is 17.1 Å². The van der Waals surface area contributed by atoms with E-state index in [1.54, 1.807) is 36.6 Å². The number of carbonyl (C=O) groups excluding carboxylic acids is 2. The second-order valence-corrected chi connectivity index (χ2v) is 6.31. The van der Waals surface area contributed by atoms with Crippen molar-refractivity contribution in [1.29, 1.82) is 0 Å². The van der Waals surface area contributed by atoms with Crippen LogP contribution in [0.3, 0.4) is 0 Å². The molecule has 0 unspecified atom stereocenters. The average molecular weight is 332 g/mol. The van der Waals surface area contributed by atoms with Gasteiger partial charge in [-0.2, -0.15) is 11.3 Å². The smallest absolute Gasteiger partial charge is 0.350 e. The van der Waals surface area contributed by atoms with Crippen molar-refractivity contribution in [3.63, 3.8) is 0 Å². The third-order valence-electron chi connectivity index (χ3n) is 2.98. The minimum Gasteiger partial charge on any atom is -0.453 e. The molecular formula is C15H12N2O3S2. The zero-order chi connectivity index (χ0) is 15.5. The van der Waals surface area contributed by atoms with Crippen molar-refractivity contribution in [2.45, 2.75) is 6.92 Å². The minimum atomic E-state index is -0.517. The molecule has 0 saturated carbocycles. The van der Waals surface area contributed by atoms with E-state index >= 15 is 0 Å². The molecule has 0 aliphatic carbocycles. The molecule has 0 spiro atoms. The summed E-state index contributed by atoms with van der Waals surface area (Å²) < 4.78 is 5.09. The molecule has 0 aliphatic rings. The standard InChI is InChI=1S/C15H12N2O3S2/c1-9-13(22-14(17-9)10-4-6-21-8-10)15(19)20-7-12(18)11-3-2-5-16-11/h2-6,8,16H,7H2,1H3. The maximum atomic E-state index is 12.1. The van der Waals surface area contributed by atoms with Crippen molar-refractivity contribution in [2.75, 3.05) is 6.61 Å². The summed E-state index contributed by atoms with van der Waals surface area (Å²) in [7, 11) is 0. The van der Waals surface area contributed by atoms with E-state index in [9.17, 15) is 9.59 Å². The predicted octanol–water partition coefficient (Wildman–Crippen LogP) is 3.55. The zero-order valence-corrected chi connectivity index (χ0v) is 13.3. The Morgan fingerprint density at radius 1 is 1.36 bits per heavy atom. The van der Waals surface area contributed by atoms with Gasteiger partial charge in [0.1, 0.15) is 9.88 Å². The van der Waals surface area contributed by atoms with E-state index in [4.69, 9.17) is 4.74 Å². The van der Waals surface area contributed by atoms with Gasteiger partial charge in [-0.1, -0.05) is 0 Å². The largest absolute Gasteiger partial charge is 0.453 e. The number of thiophene rings is 1. The number of Topliss-reactive ketones (excluding diaryl/α,β-unsaturated/α-hetero) is 1. The molecule has 0 bridgehead atoms. The number of nitrogens with zero attached hydrogens (tertiary/aromatic N) is 1.